The van der Waals surface area contributed by atoms with Gasteiger partial charge in [0.25, 0.3) is 0 Å². The summed E-state index contributed by atoms with van der Waals surface area (Å²) in [6.07, 6.45) is 2.04. The summed E-state index contributed by atoms with van der Waals surface area (Å²) >= 11 is 0. The SMILES string of the molecule is CCN1CCC(c2cccc(OCc3ccccc3)c2F)CC1. The molecule has 23 heavy (non-hydrogen) atoms. The Hall–Kier alpha value is -1.87. The number of halogens is 1. The van der Waals surface area contributed by atoms with Crippen LogP contribution in [0, 0.1) is 5.82 Å². The number of nitrogens with zero attached hydrogens (tertiary/aromatic N) is 1. The summed E-state index contributed by atoms with van der Waals surface area (Å²) in [5.41, 5.74) is 1.86. The number of hydrogen-bond acceptors (Lipinski definition) is 2. The minimum atomic E-state index is -0.182. The molecule has 1 saturated heterocycles. The molecule has 1 aliphatic rings. The first kappa shape index (κ1) is 16.0. The third kappa shape index (κ3) is 3.91. The Morgan fingerprint density at radius 3 is 2.48 bits per heavy atom. The summed E-state index contributed by atoms with van der Waals surface area (Å²) in [6.45, 7) is 5.76. The standard InChI is InChI=1S/C20H24FNO/c1-2-22-13-11-17(12-14-22)18-9-6-10-19(20(18)21)23-15-16-7-4-3-5-8-16/h3-10,17H,2,11-15H2,1H3. The molecule has 0 aliphatic carbocycles. The normalized spacial score (nSPS) is 16.4. The summed E-state index contributed by atoms with van der Waals surface area (Å²) in [5.74, 6) is 0.487. The maximum Gasteiger partial charge on any atom is 0.168 e. The summed E-state index contributed by atoms with van der Waals surface area (Å²) in [7, 11) is 0. The van der Waals surface area contributed by atoms with Crippen molar-refractivity contribution in [2.45, 2.75) is 32.3 Å². The Morgan fingerprint density at radius 1 is 1.04 bits per heavy atom. The minimum Gasteiger partial charge on any atom is -0.486 e. The second-order valence-corrected chi connectivity index (χ2v) is 6.14. The molecule has 3 heteroatoms. The van der Waals surface area contributed by atoms with Crippen molar-refractivity contribution in [1.82, 2.24) is 4.90 Å². The molecule has 122 valence electrons. The fourth-order valence-electron chi connectivity index (χ4n) is 3.25. The van der Waals surface area contributed by atoms with Crippen molar-refractivity contribution in [3.63, 3.8) is 0 Å². The van der Waals surface area contributed by atoms with Crippen LogP contribution < -0.4 is 4.74 Å². The first-order chi connectivity index (χ1) is 11.3. The third-order valence-electron chi connectivity index (χ3n) is 4.70. The van der Waals surface area contributed by atoms with Gasteiger partial charge in [-0.15, -0.1) is 0 Å². The molecular formula is C20H24FNO. The van der Waals surface area contributed by atoms with Gasteiger partial charge in [0.15, 0.2) is 11.6 Å². The van der Waals surface area contributed by atoms with Crippen LogP contribution in [0.25, 0.3) is 0 Å². The van der Waals surface area contributed by atoms with Crippen LogP contribution in [0.3, 0.4) is 0 Å². The number of hydrogen-bond donors (Lipinski definition) is 0. The van der Waals surface area contributed by atoms with Crippen LogP contribution in [0.5, 0.6) is 5.75 Å². The predicted molar refractivity (Wildman–Crippen MR) is 91.3 cm³/mol. The topological polar surface area (TPSA) is 12.5 Å². The van der Waals surface area contributed by atoms with Crippen LogP contribution in [0.1, 0.15) is 36.8 Å². The molecule has 0 N–H and O–H groups in total. The van der Waals surface area contributed by atoms with Gasteiger partial charge in [-0.05, 0) is 55.6 Å². The summed E-state index contributed by atoms with van der Waals surface area (Å²) in [5, 5.41) is 0. The average Bonchev–Trinajstić information content (AvgIpc) is 2.62. The van der Waals surface area contributed by atoms with E-state index < -0.39 is 0 Å². The second-order valence-electron chi connectivity index (χ2n) is 6.14. The molecule has 1 fully saturated rings. The highest BCUT2D eigenvalue weighted by molar-refractivity contribution is 5.34. The average molecular weight is 313 g/mol. The van der Waals surface area contributed by atoms with Crippen LogP contribution in [0.4, 0.5) is 4.39 Å². The van der Waals surface area contributed by atoms with Crippen molar-refractivity contribution in [2.75, 3.05) is 19.6 Å². The van der Waals surface area contributed by atoms with E-state index in [1.807, 2.05) is 42.5 Å². The molecular weight excluding hydrogens is 289 g/mol. The third-order valence-corrected chi connectivity index (χ3v) is 4.70. The van der Waals surface area contributed by atoms with E-state index in [1.54, 1.807) is 6.07 Å². The van der Waals surface area contributed by atoms with E-state index in [4.69, 9.17) is 4.74 Å². The zero-order valence-electron chi connectivity index (χ0n) is 13.7. The second kappa shape index (κ2) is 7.60. The molecule has 1 aliphatic heterocycles. The van der Waals surface area contributed by atoms with Gasteiger partial charge in [-0.1, -0.05) is 49.4 Å². The Kier molecular flexibility index (Phi) is 5.29. The van der Waals surface area contributed by atoms with Crippen molar-refractivity contribution in [3.05, 3.63) is 65.5 Å². The Balaban J connectivity index is 1.69. The highest BCUT2D eigenvalue weighted by atomic mass is 19.1. The lowest BCUT2D eigenvalue weighted by Gasteiger charge is -2.31. The van der Waals surface area contributed by atoms with E-state index in [9.17, 15) is 4.39 Å². The molecule has 0 aromatic heterocycles. The van der Waals surface area contributed by atoms with Crippen LogP contribution in [-0.4, -0.2) is 24.5 Å². The number of piperidine rings is 1. The van der Waals surface area contributed by atoms with Gasteiger partial charge in [0, 0.05) is 0 Å². The largest absolute Gasteiger partial charge is 0.486 e. The predicted octanol–water partition coefficient (Wildman–Crippen LogP) is 4.60. The molecule has 0 saturated carbocycles. The van der Waals surface area contributed by atoms with Gasteiger partial charge >= 0.3 is 0 Å². The summed E-state index contributed by atoms with van der Waals surface area (Å²) in [6, 6.07) is 15.4. The van der Waals surface area contributed by atoms with Gasteiger partial charge in [0.2, 0.25) is 0 Å². The smallest absolute Gasteiger partial charge is 0.168 e. The van der Waals surface area contributed by atoms with Crippen molar-refractivity contribution < 1.29 is 9.13 Å². The molecule has 1 heterocycles. The molecule has 0 spiro atoms. The first-order valence-electron chi connectivity index (χ1n) is 8.45. The van der Waals surface area contributed by atoms with Gasteiger partial charge in [-0.2, -0.15) is 0 Å². The van der Waals surface area contributed by atoms with Gasteiger partial charge < -0.3 is 9.64 Å². The van der Waals surface area contributed by atoms with Gasteiger partial charge in [0.05, 0.1) is 0 Å². The molecule has 0 bridgehead atoms. The van der Waals surface area contributed by atoms with Crippen LogP contribution in [0.2, 0.25) is 0 Å². The molecule has 0 amide bonds. The van der Waals surface area contributed by atoms with Crippen molar-refractivity contribution in [3.8, 4) is 5.75 Å². The summed E-state index contributed by atoms with van der Waals surface area (Å²) < 4.78 is 20.5. The van der Waals surface area contributed by atoms with Crippen LogP contribution in [0.15, 0.2) is 48.5 Å². The number of rotatable bonds is 5. The Labute approximate surface area is 137 Å². The lowest BCUT2D eigenvalue weighted by atomic mass is 9.89. The lowest BCUT2D eigenvalue weighted by molar-refractivity contribution is 0.219. The van der Waals surface area contributed by atoms with E-state index in [-0.39, 0.29) is 5.82 Å². The van der Waals surface area contributed by atoms with E-state index in [1.165, 1.54) is 0 Å². The highest BCUT2D eigenvalue weighted by Gasteiger charge is 2.23. The van der Waals surface area contributed by atoms with E-state index in [2.05, 4.69) is 11.8 Å². The minimum absolute atomic E-state index is 0.182. The zero-order valence-corrected chi connectivity index (χ0v) is 13.7. The van der Waals surface area contributed by atoms with E-state index in [0.717, 1.165) is 43.6 Å². The highest BCUT2D eigenvalue weighted by Crippen LogP contribution is 2.33. The van der Waals surface area contributed by atoms with Crippen LogP contribution >= 0.6 is 0 Å². The maximum absolute atomic E-state index is 14.8. The number of likely N-dealkylation sites (tertiary alicyclic amines) is 1. The van der Waals surface area contributed by atoms with Gasteiger partial charge in [-0.25, -0.2) is 4.39 Å². The monoisotopic (exact) mass is 313 g/mol. The van der Waals surface area contributed by atoms with Crippen molar-refractivity contribution >= 4 is 0 Å². The quantitative estimate of drug-likeness (QED) is 0.799. The molecule has 2 aromatic rings. The molecule has 0 unspecified atom stereocenters. The first-order valence-corrected chi connectivity index (χ1v) is 8.45. The molecule has 0 radical (unpaired) electrons. The van der Waals surface area contributed by atoms with Crippen LogP contribution in [-0.2, 0) is 6.61 Å². The molecule has 2 aromatic carbocycles. The van der Waals surface area contributed by atoms with Gasteiger partial charge in [-0.3, -0.25) is 0 Å². The Bertz CT molecular complexity index is 621. The molecule has 2 nitrogen and oxygen atoms in total. The summed E-state index contributed by atoms with van der Waals surface area (Å²) in [4.78, 5) is 2.42. The van der Waals surface area contributed by atoms with Crippen molar-refractivity contribution in [2.24, 2.45) is 0 Å². The number of benzene rings is 2. The Morgan fingerprint density at radius 2 is 1.78 bits per heavy atom. The fourth-order valence-corrected chi connectivity index (χ4v) is 3.25. The molecule has 3 rings (SSSR count). The fraction of sp³-hybridized carbons (Fsp3) is 0.400. The van der Waals surface area contributed by atoms with Gasteiger partial charge in [0.1, 0.15) is 6.61 Å². The maximum atomic E-state index is 14.8. The van der Waals surface area contributed by atoms with Crippen molar-refractivity contribution in [1.29, 1.82) is 0 Å². The zero-order chi connectivity index (χ0) is 16.1. The number of ether oxygens (including phenoxy) is 1. The molecule has 0 atom stereocenters. The van der Waals surface area contributed by atoms with E-state index in [0.29, 0.717) is 18.3 Å². The lowest BCUT2D eigenvalue weighted by Crippen LogP contribution is -2.32. The van der Waals surface area contributed by atoms with E-state index >= 15 is 0 Å².